The second-order valence-corrected chi connectivity index (χ2v) is 38.8. The molecule has 0 aliphatic heterocycles. The topological polar surface area (TPSA) is 470 Å². The molecule has 0 bridgehead atoms. The summed E-state index contributed by atoms with van der Waals surface area (Å²) in [6.07, 6.45) is 16.0. The summed E-state index contributed by atoms with van der Waals surface area (Å²) >= 11 is 0. The number of aliphatic carboxylic acids is 5. The maximum atomic E-state index is 14.8. The van der Waals surface area contributed by atoms with E-state index in [-0.39, 0.29) is 171 Å². The first-order chi connectivity index (χ1) is 66.7. The average molecular weight is 1970 g/mol. The molecule has 0 saturated heterocycles. The van der Waals surface area contributed by atoms with Gasteiger partial charge in [-0.3, -0.25) is 24.0 Å². The number of hydrogen-bond acceptors (Lipinski definition) is 20. The lowest BCUT2D eigenvalue weighted by Gasteiger charge is -2.32. The minimum absolute atomic E-state index is 0.00551. The molecule has 0 aliphatic carbocycles. The predicted molar refractivity (Wildman–Crippen MR) is 506 cm³/mol. The van der Waals surface area contributed by atoms with Crippen LogP contribution in [-0.2, 0) is 62.3 Å². The van der Waals surface area contributed by atoms with Crippen LogP contribution >= 0.6 is 0 Å². The molecule has 0 amide bonds. The maximum Gasteiger partial charge on any atom is 0.417 e. The Hall–Kier alpha value is -15.0. The Kier molecular flexibility index (Phi) is 33.8. The van der Waals surface area contributed by atoms with Crippen LogP contribution in [0.5, 0.6) is 0 Å². The van der Waals surface area contributed by atoms with Crippen LogP contribution in [0.25, 0.3) is 112 Å². The number of hydrogen-bond donors (Lipinski definition) is 10. The normalized spacial score (nSPS) is 13.1. The first kappa shape index (κ1) is 107. The first-order valence-electron chi connectivity index (χ1n) is 45.3. The van der Waals surface area contributed by atoms with Crippen molar-refractivity contribution in [2.75, 3.05) is 0 Å². The molecule has 15 aromatic heterocycles. The molecule has 30 nitrogen and oxygen atoms in total. The monoisotopic (exact) mass is 1970 g/mol. The van der Waals surface area contributed by atoms with E-state index in [0.717, 1.165) is 80.2 Å². The number of fused-ring (bicyclic) bond motifs is 5. The third-order valence-corrected chi connectivity index (χ3v) is 26.2. The van der Waals surface area contributed by atoms with Gasteiger partial charge in [0.25, 0.3) is 0 Å². The molecular formula is C101H107F11N20O10. The number of rotatable bonds is 31. The molecule has 0 aliphatic rings. The molecule has 1 unspecified atom stereocenters. The Labute approximate surface area is 807 Å². The summed E-state index contributed by atoms with van der Waals surface area (Å²) in [7, 11) is 0. The van der Waals surface area contributed by atoms with E-state index in [2.05, 4.69) is 94.7 Å². The van der Waals surface area contributed by atoms with Gasteiger partial charge in [-0.1, -0.05) is 123 Å². The summed E-state index contributed by atoms with van der Waals surface area (Å²) in [5.41, 5.74) is 3.38. The number of nitrogens with zero attached hydrogens (tertiary/aromatic N) is 15. The van der Waals surface area contributed by atoms with Gasteiger partial charge in [0, 0.05) is 136 Å². The van der Waals surface area contributed by atoms with Crippen molar-refractivity contribution in [2.45, 2.75) is 194 Å². The third kappa shape index (κ3) is 27.0. The molecule has 10 N–H and O–H groups in total. The Morgan fingerprint density at radius 1 is 0.345 bits per heavy atom. The van der Waals surface area contributed by atoms with Crippen molar-refractivity contribution >= 4 is 85.0 Å². The number of halogens is 11. The van der Waals surface area contributed by atoms with Crippen molar-refractivity contribution in [3.63, 3.8) is 0 Å². The molecule has 5 atom stereocenters. The summed E-state index contributed by atoms with van der Waals surface area (Å²) in [6, 6.07) is 11.0. The number of carboxylic acids is 5. The van der Waals surface area contributed by atoms with Crippen molar-refractivity contribution in [3.8, 4) is 62.9 Å². The van der Waals surface area contributed by atoms with Crippen LogP contribution in [0.15, 0.2) is 129 Å². The Morgan fingerprint density at radius 2 is 0.627 bits per heavy atom. The fraction of sp³-hybridized carbons (Fsp3) is 0.386. The number of aromatic nitrogens is 19. The van der Waals surface area contributed by atoms with E-state index < -0.39 is 99.5 Å². The molecule has 0 aromatic carbocycles. The van der Waals surface area contributed by atoms with Crippen molar-refractivity contribution in [2.24, 2.45) is 56.7 Å². The van der Waals surface area contributed by atoms with Gasteiger partial charge in [0.05, 0.1) is 83.0 Å². The molecule has 0 saturated carbocycles. The second kappa shape index (κ2) is 44.6. The molecule has 0 spiro atoms. The summed E-state index contributed by atoms with van der Waals surface area (Å²) < 4.78 is 152. The van der Waals surface area contributed by atoms with Gasteiger partial charge in [-0.05, 0) is 131 Å². The summed E-state index contributed by atoms with van der Waals surface area (Å²) in [6.45, 7) is 29.3. The SMILES string of the molecule is CC(C)(C)[C@@H](CC(=O)O)Cc1ccnc(-c2c[nH]c3ncc(F)cc23)n1.CC(C)(C)[C@@H](CC(=O)O)Cc1nc(-c2c[nH]c3ncc(C(F)(F)F)cc23)ncc1F.CCC(C)(C)C(CC(=O)O)Cc1nc(-c2c[nH]c3ncc(F)cc23)c(C#N)cc1F.CCC(C)(C)[C@@H](CC(=O)O)Cc1nc(-c2c[nH]c3ncc(F)cc23)ncc1F.CCC(C)(C)[C@H](CC(=O)O)Cc1nc(-c2c[nH]c3ncc(F)cc23)ncc1F. The lowest BCUT2D eigenvalue weighted by molar-refractivity contribution is -0.140. The third-order valence-electron chi connectivity index (χ3n) is 26.2. The van der Waals surface area contributed by atoms with Crippen molar-refractivity contribution in [1.82, 2.24) is 94.7 Å². The highest BCUT2D eigenvalue weighted by Gasteiger charge is 2.38. The lowest BCUT2D eigenvalue weighted by Crippen LogP contribution is -2.28. The van der Waals surface area contributed by atoms with Crippen LogP contribution < -0.4 is 0 Å². The van der Waals surface area contributed by atoms with Crippen molar-refractivity contribution in [1.29, 1.82) is 5.26 Å². The van der Waals surface area contributed by atoms with Gasteiger partial charge < -0.3 is 50.5 Å². The zero-order chi connectivity index (χ0) is 104. The van der Waals surface area contributed by atoms with Crippen LogP contribution in [0.3, 0.4) is 0 Å². The van der Waals surface area contributed by atoms with Crippen LogP contribution in [0.1, 0.15) is 195 Å². The molecule has 0 radical (unpaired) electrons. The molecule has 748 valence electrons. The Bertz CT molecular complexity index is 6990. The molecule has 41 heteroatoms. The predicted octanol–water partition coefficient (Wildman–Crippen LogP) is 22.3. The number of pyridine rings is 6. The summed E-state index contributed by atoms with van der Waals surface area (Å²) in [5, 5.41) is 57.9. The van der Waals surface area contributed by atoms with E-state index in [4.69, 9.17) is 0 Å². The molecule has 15 heterocycles. The van der Waals surface area contributed by atoms with Crippen LogP contribution in [0.4, 0.5) is 48.3 Å². The smallest absolute Gasteiger partial charge is 0.417 e. The average Bonchev–Trinajstić information content (AvgIpc) is 1.59. The number of nitrogens with one attached hydrogen (secondary N) is 5. The fourth-order valence-electron chi connectivity index (χ4n) is 16.0. The highest BCUT2D eigenvalue weighted by atomic mass is 19.4. The minimum Gasteiger partial charge on any atom is -0.481 e. The van der Waals surface area contributed by atoms with E-state index in [9.17, 15) is 103 Å². The van der Waals surface area contributed by atoms with Gasteiger partial charge in [-0.25, -0.2) is 105 Å². The number of carbonyl (C=O) groups is 5. The minimum atomic E-state index is -4.57. The standard InChI is InChI=1S/C22H22F2N4O2.C20H20F4N4O2.2C20H22F2N4O2.C19H21FN4O2/c1-4-22(2,3)13(7-19(29)30)6-18-17(24)5-12(9-25)20(28-18)16-11-27-21-15(16)8-14(23)10-26-21;1-19(2,3)10(6-16(29)30)5-15-14(21)9-27-18(28-15)13-8-26-17-12(13)4-11(7-25-17)20(22,23)24;2*1-4-20(2,3)11(6-17(27)28)5-16-15(22)10-25-19(26-16)14-9-24-18-13(14)7-12(21)8-23-18;1-19(2,3)11(7-16(25)26)6-13-4-5-21-18(24-13)15-10-23-17-14(15)8-12(20)9-22-17/h5,8,10-11,13H,4,6-7H2,1-3H3,(H,26,27)(H,29,30);4,7-10H,5-6H2,1-3H3,(H,25,26)(H,29,30);2*7-11H,4-6H2,1-3H3,(H,23,24)(H,27,28);4-5,8-11H,6-7H2,1-3H3,(H,22,23)(H,25,26)/t;10-;3*11-/m.1101/s1. The van der Waals surface area contributed by atoms with Crippen LogP contribution in [0, 0.1) is 115 Å². The zero-order valence-corrected chi connectivity index (χ0v) is 80.3. The number of carboxylic acid groups (broad SMARTS) is 5. The van der Waals surface area contributed by atoms with Crippen molar-refractivity contribution in [3.05, 3.63) is 215 Å². The molecule has 142 heavy (non-hydrogen) atoms. The lowest BCUT2D eigenvalue weighted by atomic mass is 9.72. The zero-order valence-electron chi connectivity index (χ0n) is 80.3. The van der Waals surface area contributed by atoms with Gasteiger partial charge in [0.2, 0.25) is 0 Å². The number of alkyl halides is 3. The number of H-pyrrole nitrogens is 5. The molecule has 15 aromatic rings. The largest absolute Gasteiger partial charge is 0.481 e. The Morgan fingerprint density at radius 3 is 0.937 bits per heavy atom. The fourth-order valence-corrected chi connectivity index (χ4v) is 16.0. The number of nitriles is 1. The van der Waals surface area contributed by atoms with E-state index in [1.165, 1.54) is 30.5 Å². The van der Waals surface area contributed by atoms with Gasteiger partial charge in [0.1, 0.15) is 63.4 Å². The van der Waals surface area contributed by atoms with Gasteiger partial charge in [-0.2, -0.15) is 18.4 Å². The van der Waals surface area contributed by atoms with Gasteiger partial charge >= 0.3 is 36.0 Å². The van der Waals surface area contributed by atoms with E-state index >= 15 is 0 Å². The highest BCUT2D eigenvalue weighted by Crippen LogP contribution is 2.43. The van der Waals surface area contributed by atoms with Crippen LogP contribution in [-0.4, -0.2) is 150 Å². The first-order valence-corrected chi connectivity index (χ1v) is 45.3. The van der Waals surface area contributed by atoms with Crippen molar-refractivity contribution < 1.29 is 97.8 Å². The maximum absolute atomic E-state index is 14.8. The summed E-state index contributed by atoms with van der Waals surface area (Å²) in [5.74, 6) is -9.63. The van der Waals surface area contributed by atoms with Gasteiger partial charge in [-0.15, -0.1) is 0 Å². The number of aromatic amines is 5. The van der Waals surface area contributed by atoms with Gasteiger partial charge in [0.15, 0.2) is 40.7 Å². The molecule has 15 rings (SSSR count). The van der Waals surface area contributed by atoms with Crippen LogP contribution in [0.2, 0.25) is 0 Å². The van der Waals surface area contributed by atoms with E-state index in [1.54, 1.807) is 37.1 Å². The molecular weight excluding hydrogens is 1860 g/mol. The van der Waals surface area contributed by atoms with E-state index in [1.807, 2.05) is 110 Å². The van der Waals surface area contributed by atoms with E-state index in [0.29, 0.717) is 85.1 Å². The summed E-state index contributed by atoms with van der Waals surface area (Å²) in [4.78, 5) is 129. The second-order valence-electron chi connectivity index (χ2n) is 38.8. The molecule has 0 fully saturated rings. The quantitative estimate of drug-likeness (QED) is 0.0180. The highest BCUT2D eigenvalue weighted by molar-refractivity contribution is 5.96. The Balaban J connectivity index is 0.000000170.